The Morgan fingerprint density at radius 2 is 2.23 bits per heavy atom. The molecule has 13 heavy (non-hydrogen) atoms. The van der Waals surface area contributed by atoms with E-state index in [1.54, 1.807) is 7.11 Å². The van der Waals surface area contributed by atoms with Gasteiger partial charge in [-0.2, -0.15) is 0 Å². The van der Waals surface area contributed by atoms with Gasteiger partial charge in [0, 0.05) is 27.3 Å². The minimum atomic E-state index is 0.469. The Bertz CT molecular complexity index is 180. The van der Waals surface area contributed by atoms with E-state index in [0.717, 1.165) is 24.7 Å². The molecule has 0 heterocycles. The standard InChI is InChI=1S/C9H18N2OS/c1-10-8(13)11-7-9(3-4-9)5-6-12-2/h3-7H2,1-2H3,(H2,10,11,13). The molecule has 4 heteroatoms. The molecule has 0 aromatic rings. The van der Waals surface area contributed by atoms with Crippen LogP contribution >= 0.6 is 12.2 Å². The molecule has 0 saturated heterocycles. The average molecular weight is 202 g/mol. The second kappa shape index (κ2) is 4.77. The number of thiocarbonyl (C=S) groups is 1. The molecule has 3 nitrogen and oxygen atoms in total. The molecule has 1 aliphatic carbocycles. The van der Waals surface area contributed by atoms with E-state index < -0.39 is 0 Å². The van der Waals surface area contributed by atoms with Gasteiger partial charge in [-0.3, -0.25) is 0 Å². The van der Waals surface area contributed by atoms with Crippen molar-refractivity contribution < 1.29 is 4.74 Å². The van der Waals surface area contributed by atoms with Crippen LogP contribution in [-0.4, -0.2) is 32.4 Å². The summed E-state index contributed by atoms with van der Waals surface area (Å²) in [4.78, 5) is 0. The van der Waals surface area contributed by atoms with Gasteiger partial charge >= 0.3 is 0 Å². The summed E-state index contributed by atoms with van der Waals surface area (Å²) >= 11 is 5.01. The van der Waals surface area contributed by atoms with Crippen LogP contribution in [0.1, 0.15) is 19.3 Å². The van der Waals surface area contributed by atoms with Crippen molar-refractivity contribution in [1.82, 2.24) is 10.6 Å². The Balaban J connectivity index is 2.16. The third-order valence-electron chi connectivity index (χ3n) is 2.64. The van der Waals surface area contributed by atoms with E-state index in [-0.39, 0.29) is 0 Å². The minimum absolute atomic E-state index is 0.469. The molecule has 2 N–H and O–H groups in total. The van der Waals surface area contributed by atoms with Crippen molar-refractivity contribution in [1.29, 1.82) is 0 Å². The van der Waals surface area contributed by atoms with E-state index in [1.807, 2.05) is 7.05 Å². The highest BCUT2D eigenvalue weighted by atomic mass is 32.1. The molecular formula is C9H18N2OS. The Hall–Kier alpha value is -0.350. The highest BCUT2D eigenvalue weighted by molar-refractivity contribution is 7.80. The molecule has 1 saturated carbocycles. The maximum absolute atomic E-state index is 5.07. The molecule has 0 aromatic heterocycles. The van der Waals surface area contributed by atoms with Crippen LogP contribution < -0.4 is 10.6 Å². The van der Waals surface area contributed by atoms with Crippen molar-refractivity contribution in [2.45, 2.75) is 19.3 Å². The van der Waals surface area contributed by atoms with Gasteiger partial charge in [-0.25, -0.2) is 0 Å². The van der Waals surface area contributed by atoms with Crippen LogP contribution in [-0.2, 0) is 4.74 Å². The number of ether oxygens (including phenoxy) is 1. The number of rotatable bonds is 5. The van der Waals surface area contributed by atoms with Crippen molar-refractivity contribution in [2.24, 2.45) is 5.41 Å². The largest absolute Gasteiger partial charge is 0.385 e. The number of hydrogen-bond acceptors (Lipinski definition) is 2. The Morgan fingerprint density at radius 3 is 2.69 bits per heavy atom. The molecule has 0 atom stereocenters. The topological polar surface area (TPSA) is 33.3 Å². The first kappa shape index (κ1) is 10.7. The maximum atomic E-state index is 5.07. The fourth-order valence-corrected chi connectivity index (χ4v) is 1.44. The first-order chi connectivity index (χ1) is 6.22. The van der Waals surface area contributed by atoms with Gasteiger partial charge in [-0.1, -0.05) is 0 Å². The molecule has 0 aromatic carbocycles. The predicted octanol–water partition coefficient (Wildman–Crippen LogP) is 0.897. The second-order valence-corrected chi connectivity index (χ2v) is 4.08. The minimum Gasteiger partial charge on any atom is -0.385 e. The van der Waals surface area contributed by atoms with E-state index >= 15 is 0 Å². The third-order valence-corrected chi connectivity index (χ3v) is 2.99. The van der Waals surface area contributed by atoms with Crippen molar-refractivity contribution in [2.75, 3.05) is 27.3 Å². The van der Waals surface area contributed by atoms with Gasteiger partial charge in [0.15, 0.2) is 5.11 Å². The van der Waals surface area contributed by atoms with Crippen LogP contribution in [0.4, 0.5) is 0 Å². The van der Waals surface area contributed by atoms with Gasteiger partial charge in [0.05, 0.1) is 0 Å². The summed E-state index contributed by atoms with van der Waals surface area (Å²) in [6.45, 7) is 1.84. The molecule has 1 aliphatic rings. The van der Waals surface area contributed by atoms with Gasteiger partial charge in [0.25, 0.3) is 0 Å². The molecule has 0 aliphatic heterocycles. The van der Waals surface area contributed by atoms with Crippen LogP contribution in [0.5, 0.6) is 0 Å². The molecule has 0 spiro atoms. The second-order valence-electron chi connectivity index (χ2n) is 3.68. The highest BCUT2D eigenvalue weighted by Gasteiger charge is 2.41. The summed E-state index contributed by atoms with van der Waals surface area (Å²) in [7, 11) is 3.59. The van der Waals surface area contributed by atoms with E-state index in [9.17, 15) is 0 Å². The lowest BCUT2D eigenvalue weighted by Crippen LogP contribution is -2.36. The molecule has 1 fully saturated rings. The van der Waals surface area contributed by atoms with E-state index in [2.05, 4.69) is 10.6 Å². The predicted molar refractivity (Wildman–Crippen MR) is 57.8 cm³/mol. The normalized spacial score (nSPS) is 18.0. The van der Waals surface area contributed by atoms with Gasteiger partial charge in [-0.05, 0) is 36.9 Å². The molecular weight excluding hydrogens is 184 g/mol. The van der Waals surface area contributed by atoms with Crippen LogP contribution in [0.3, 0.4) is 0 Å². The van der Waals surface area contributed by atoms with Crippen molar-refractivity contribution in [3.05, 3.63) is 0 Å². The summed E-state index contributed by atoms with van der Waals surface area (Å²) < 4.78 is 5.07. The Kier molecular flexibility index (Phi) is 3.93. The molecule has 1 rings (SSSR count). The lowest BCUT2D eigenvalue weighted by atomic mass is 10.0. The highest BCUT2D eigenvalue weighted by Crippen LogP contribution is 2.48. The third kappa shape index (κ3) is 3.48. The van der Waals surface area contributed by atoms with Gasteiger partial charge < -0.3 is 15.4 Å². The first-order valence-corrected chi connectivity index (χ1v) is 5.08. The van der Waals surface area contributed by atoms with Crippen molar-refractivity contribution in [3.63, 3.8) is 0 Å². The van der Waals surface area contributed by atoms with Crippen LogP contribution in [0.2, 0.25) is 0 Å². The summed E-state index contributed by atoms with van der Waals surface area (Å²) in [5.41, 5.74) is 0.469. The van der Waals surface area contributed by atoms with Crippen molar-refractivity contribution in [3.8, 4) is 0 Å². The molecule has 76 valence electrons. The summed E-state index contributed by atoms with van der Waals surface area (Å²) in [5, 5.41) is 6.86. The number of hydrogen-bond donors (Lipinski definition) is 2. The number of nitrogens with one attached hydrogen (secondary N) is 2. The zero-order valence-electron chi connectivity index (χ0n) is 8.35. The zero-order chi connectivity index (χ0) is 9.73. The zero-order valence-corrected chi connectivity index (χ0v) is 9.17. The fourth-order valence-electron chi connectivity index (χ4n) is 1.37. The monoisotopic (exact) mass is 202 g/mol. The average Bonchev–Trinajstić information content (AvgIpc) is 2.92. The molecule has 0 bridgehead atoms. The van der Waals surface area contributed by atoms with Crippen LogP contribution in [0.15, 0.2) is 0 Å². The smallest absolute Gasteiger partial charge is 0.166 e. The van der Waals surface area contributed by atoms with Gasteiger partial charge in [0.2, 0.25) is 0 Å². The quantitative estimate of drug-likeness (QED) is 0.649. The first-order valence-electron chi connectivity index (χ1n) is 4.67. The van der Waals surface area contributed by atoms with E-state index in [0.29, 0.717) is 5.41 Å². The maximum Gasteiger partial charge on any atom is 0.166 e. The van der Waals surface area contributed by atoms with Crippen LogP contribution in [0, 0.1) is 5.41 Å². The SMILES string of the molecule is CNC(=S)NCC1(CCOC)CC1. The van der Waals surface area contributed by atoms with Crippen molar-refractivity contribution >= 4 is 17.3 Å². The fraction of sp³-hybridized carbons (Fsp3) is 0.889. The van der Waals surface area contributed by atoms with Gasteiger partial charge in [0.1, 0.15) is 0 Å². The Labute approximate surface area is 85.2 Å². The van der Waals surface area contributed by atoms with E-state index in [4.69, 9.17) is 17.0 Å². The Morgan fingerprint density at radius 1 is 1.54 bits per heavy atom. The summed E-state index contributed by atoms with van der Waals surface area (Å²) in [6, 6.07) is 0. The van der Waals surface area contributed by atoms with E-state index in [1.165, 1.54) is 12.8 Å². The number of methoxy groups -OCH3 is 1. The summed E-state index contributed by atoms with van der Waals surface area (Å²) in [5.74, 6) is 0. The molecule has 0 radical (unpaired) electrons. The lowest BCUT2D eigenvalue weighted by Gasteiger charge is -2.16. The molecule has 0 unspecified atom stereocenters. The van der Waals surface area contributed by atoms with Crippen LogP contribution in [0.25, 0.3) is 0 Å². The lowest BCUT2D eigenvalue weighted by molar-refractivity contribution is 0.172. The molecule has 0 amide bonds. The summed E-state index contributed by atoms with van der Waals surface area (Å²) in [6.07, 6.45) is 3.74. The van der Waals surface area contributed by atoms with Gasteiger partial charge in [-0.15, -0.1) is 0 Å².